The van der Waals surface area contributed by atoms with Crippen LogP contribution in [0, 0.1) is 0 Å². The van der Waals surface area contributed by atoms with Crippen LogP contribution in [-0.2, 0) is 11.2 Å². The second-order valence-corrected chi connectivity index (χ2v) is 9.00. The number of carbonyl (C=O) groups excluding carboxylic acids is 2. The summed E-state index contributed by atoms with van der Waals surface area (Å²) in [6.07, 6.45) is -2.27. The minimum absolute atomic E-state index is 0.00773. The van der Waals surface area contributed by atoms with E-state index in [2.05, 4.69) is 25.5 Å². The van der Waals surface area contributed by atoms with Gasteiger partial charge in [0.15, 0.2) is 0 Å². The van der Waals surface area contributed by atoms with Crippen molar-refractivity contribution in [2.75, 3.05) is 29.6 Å². The lowest BCUT2D eigenvalue weighted by molar-refractivity contribution is -0.134. The molecule has 0 saturated carbocycles. The number of amides is 2. The summed E-state index contributed by atoms with van der Waals surface area (Å²) in [4.78, 5) is 33.1. The molecule has 0 unspecified atom stereocenters. The number of benzene rings is 1. The lowest BCUT2D eigenvalue weighted by Crippen LogP contribution is -2.25. The van der Waals surface area contributed by atoms with Gasteiger partial charge in [-0.2, -0.15) is 13.2 Å². The highest BCUT2D eigenvalue weighted by molar-refractivity contribution is 7.99. The lowest BCUT2D eigenvalue weighted by Gasteiger charge is -2.17. The maximum Gasteiger partial charge on any atom is 0.389 e. The zero-order chi connectivity index (χ0) is 26.1. The molecular weight excluding hydrogens is 495 g/mol. The van der Waals surface area contributed by atoms with Gasteiger partial charge in [-0.05, 0) is 18.1 Å². The molecule has 0 spiro atoms. The van der Waals surface area contributed by atoms with Crippen LogP contribution in [0.1, 0.15) is 41.3 Å². The van der Waals surface area contributed by atoms with Crippen molar-refractivity contribution in [1.29, 1.82) is 0 Å². The number of hydrogen-bond acceptors (Lipinski definition) is 7. The number of hydrogen-bond donors (Lipinski definition) is 3. The Kier molecular flexibility index (Phi) is 9.28. The maximum atomic E-state index is 12.0. The van der Waals surface area contributed by atoms with E-state index in [4.69, 9.17) is 5.73 Å². The summed E-state index contributed by atoms with van der Waals surface area (Å²) in [5.41, 5.74) is 6.88. The van der Waals surface area contributed by atoms with E-state index in [1.54, 1.807) is 36.0 Å². The number of thioether (sulfide) groups is 1. The molecule has 4 rings (SSSR count). The van der Waals surface area contributed by atoms with E-state index in [1.165, 1.54) is 0 Å². The summed E-state index contributed by atoms with van der Waals surface area (Å²) in [6, 6.07) is 11.6. The van der Waals surface area contributed by atoms with Gasteiger partial charge < -0.3 is 16.0 Å². The van der Waals surface area contributed by atoms with E-state index in [1.807, 2.05) is 30.3 Å². The van der Waals surface area contributed by atoms with Crippen molar-refractivity contribution in [3.63, 3.8) is 0 Å². The molecule has 0 aliphatic carbocycles. The first kappa shape index (κ1) is 27.0. The number of pyridine rings is 1. The number of nitrogens with one attached hydrogen (secondary N) is 2. The minimum atomic E-state index is -4.12. The fraction of sp³-hybridized carbons (Fsp3) is 0.348. The molecule has 2 aromatic heterocycles. The van der Waals surface area contributed by atoms with E-state index in [0.717, 1.165) is 16.1 Å². The third-order valence-corrected chi connectivity index (χ3v) is 6.11. The molecular formula is C23H26F3N7O2S. The average molecular weight is 522 g/mol. The van der Waals surface area contributed by atoms with Crippen LogP contribution < -0.4 is 16.0 Å². The number of aromatic amines is 1. The van der Waals surface area contributed by atoms with Gasteiger partial charge in [0, 0.05) is 43.5 Å². The molecule has 2 amide bonds. The molecule has 4 N–H and O–H groups in total. The first-order valence-corrected chi connectivity index (χ1v) is 12.1. The summed E-state index contributed by atoms with van der Waals surface area (Å²) in [5, 5.41) is 9.26. The summed E-state index contributed by atoms with van der Waals surface area (Å²) < 4.78 is 36.1. The molecule has 0 fully saturated rings. The van der Waals surface area contributed by atoms with Crippen molar-refractivity contribution in [2.45, 2.75) is 36.8 Å². The van der Waals surface area contributed by atoms with Gasteiger partial charge in [0.05, 0.1) is 11.9 Å². The van der Waals surface area contributed by atoms with Crippen LogP contribution in [0.15, 0.2) is 47.5 Å². The predicted octanol–water partition coefficient (Wildman–Crippen LogP) is 3.79. The van der Waals surface area contributed by atoms with Crippen molar-refractivity contribution in [3.05, 3.63) is 59.8 Å². The number of rotatable bonds is 7. The number of alkyl halides is 3. The number of nitrogens with two attached hydrogens (primary N) is 1. The number of nitrogens with zero attached hydrogens (tertiary/aromatic N) is 4. The Morgan fingerprint density at radius 3 is 2.69 bits per heavy atom. The number of fused-ring (bicyclic) bond motifs is 1. The number of carbonyl (C=O) groups is 2. The minimum Gasteiger partial charge on any atom is -0.370 e. The molecule has 1 aliphatic heterocycles. The Balaban J connectivity index is 0.000000212. The second-order valence-electron chi connectivity index (χ2n) is 7.87. The molecule has 3 aromatic rings. The topological polar surface area (TPSA) is 130 Å². The molecule has 0 saturated heterocycles. The van der Waals surface area contributed by atoms with E-state index in [0.29, 0.717) is 30.2 Å². The second kappa shape index (κ2) is 12.4. The van der Waals surface area contributed by atoms with Gasteiger partial charge >= 0.3 is 6.18 Å². The number of H-pyrrole nitrogens is 1. The largest absolute Gasteiger partial charge is 0.389 e. The monoisotopic (exact) mass is 521 g/mol. The van der Waals surface area contributed by atoms with Crippen LogP contribution in [0.3, 0.4) is 0 Å². The van der Waals surface area contributed by atoms with Crippen LogP contribution in [0.2, 0.25) is 0 Å². The highest BCUT2D eigenvalue weighted by Gasteiger charge is 2.26. The van der Waals surface area contributed by atoms with E-state index in [9.17, 15) is 22.8 Å². The average Bonchev–Trinajstić information content (AvgIpc) is 3.25. The molecule has 1 aliphatic rings. The number of primary amides is 1. The SMILES string of the molecule is CN1C(=O)CCSc2cc(NCCCC(F)(F)F)ncc21.NC(=O)c1n[nH]c(Cc2ccccc2)n1. The molecule has 192 valence electrons. The summed E-state index contributed by atoms with van der Waals surface area (Å²) in [7, 11) is 1.70. The fourth-order valence-electron chi connectivity index (χ4n) is 3.22. The Morgan fingerprint density at radius 2 is 2.03 bits per heavy atom. The zero-order valence-electron chi connectivity index (χ0n) is 19.5. The molecule has 13 heteroatoms. The van der Waals surface area contributed by atoms with Gasteiger partial charge in [-0.3, -0.25) is 14.7 Å². The Morgan fingerprint density at radius 1 is 1.28 bits per heavy atom. The molecule has 36 heavy (non-hydrogen) atoms. The molecule has 0 radical (unpaired) electrons. The van der Waals surface area contributed by atoms with Gasteiger partial charge in [0.2, 0.25) is 11.7 Å². The van der Waals surface area contributed by atoms with E-state index < -0.39 is 18.5 Å². The van der Waals surface area contributed by atoms with Crippen LogP contribution in [0.25, 0.3) is 0 Å². The third-order valence-electron chi connectivity index (χ3n) is 5.06. The summed E-state index contributed by atoms with van der Waals surface area (Å²) in [5.74, 6) is 1.30. The third kappa shape index (κ3) is 8.26. The maximum absolute atomic E-state index is 12.0. The van der Waals surface area contributed by atoms with Crippen molar-refractivity contribution in [2.24, 2.45) is 5.73 Å². The fourth-order valence-corrected chi connectivity index (χ4v) is 4.25. The smallest absolute Gasteiger partial charge is 0.370 e. The Hall–Kier alpha value is -3.61. The van der Waals surface area contributed by atoms with Crippen molar-refractivity contribution in [3.8, 4) is 0 Å². The lowest BCUT2D eigenvalue weighted by atomic mass is 10.1. The number of aromatic nitrogens is 4. The molecule has 0 atom stereocenters. The van der Waals surface area contributed by atoms with Crippen LogP contribution in [-0.4, -0.2) is 57.5 Å². The quantitative estimate of drug-likeness (QED) is 0.403. The van der Waals surface area contributed by atoms with Crippen molar-refractivity contribution >= 4 is 35.1 Å². The summed E-state index contributed by atoms with van der Waals surface area (Å²) >= 11 is 1.55. The van der Waals surface area contributed by atoms with Crippen molar-refractivity contribution in [1.82, 2.24) is 20.2 Å². The van der Waals surface area contributed by atoms with Gasteiger partial charge in [-0.25, -0.2) is 9.97 Å². The summed E-state index contributed by atoms with van der Waals surface area (Å²) in [6.45, 7) is 0.213. The molecule has 3 heterocycles. The van der Waals surface area contributed by atoms with Gasteiger partial charge in [-0.15, -0.1) is 16.9 Å². The number of anilines is 2. The van der Waals surface area contributed by atoms with Gasteiger partial charge in [0.25, 0.3) is 5.91 Å². The normalized spacial score (nSPS) is 13.3. The van der Waals surface area contributed by atoms with Crippen LogP contribution in [0.5, 0.6) is 0 Å². The van der Waals surface area contributed by atoms with Gasteiger partial charge in [0.1, 0.15) is 11.6 Å². The zero-order valence-corrected chi connectivity index (χ0v) is 20.3. The first-order chi connectivity index (χ1) is 17.1. The molecule has 0 bridgehead atoms. The first-order valence-electron chi connectivity index (χ1n) is 11.1. The Labute approximate surface area is 210 Å². The highest BCUT2D eigenvalue weighted by Crippen LogP contribution is 2.34. The standard InChI is InChI=1S/C13H16F3N3OS.C10H10N4O/c1-19-9-8-18-11(17-5-2-4-13(14,15)16)7-10(9)21-6-3-12(19)20;11-9(15)10-12-8(13-14-10)6-7-4-2-1-3-5-7/h7-8H,2-6H2,1H3,(H,17,18);1-5H,6H2,(H2,11,15)(H,12,13,14). The predicted molar refractivity (Wildman–Crippen MR) is 131 cm³/mol. The highest BCUT2D eigenvalue weighted by atomic mass is 32.2. The Bertz CT molecular complexity index is 1170. The van der Waals surface area contributed by atoms with Crippen LogP contribution in [0.4, 0.5) is 24.7 Å². The molecule has 1 aromatic carbocycles. The van der Waals surface area contributed by atoms with Crippen LogP contribution >= 0.6 is 11.8 Å². The number of halogens is 3. The van der Waals surface area contributed by atoms with Crippen molar-refractivity contribution < 1.29 is 22.8 Å². The van der Waals surface area contributed by atoms with Gasteiger partial charge in [-0.1, -0.05) is 30.3 Å². The van der Waals surface area contributed by atoms with E-state index >= 15 is 0 Å². The molecule has 9 nitrogen and oxygen atoms in total. The van der Waals surface area contributed by atoms with E-state index in [-0.39, 0.29) is 24.7 Å².